The van der Waals surface area contributed by atoms with E-state index in [0.29, 0.717) is 26.1 Å². The molecule has 1 aliphatic rings. The monoisotopic (exact) mass is 339 g/mol. The number of carbonyl (C=O) groups is 2. The smallest absolute Gasteiger partial charge is 0.226 e. The Morgan fingerprint density at radius 2 is 2.09 bits per heavy atom. The number of carbonyl (C=O) groups excluding carboxylic acids is 2. The van der Waals surface area contributed by atoms with Gasteiger partial charge in [0.2, 0.25) is 11.8 Å². The number of nitrogens with one attached hydrogen (secondary N) is 1. The first-order chi connectivity index (χ1) is 11.0. The van der Waals surface area contributed by atoms with Crippen molar-refractivity contribution in [3.8, 4) is 0 Å². The molecule has 128 valence electrons. The number of ether oxygens (including phenoxy) is 1. The zero-order chi connectivity index (χ0) is 16.8. The highest BCUT2D eigenvalue weighted by Crippen LogP contribution is 2.12. The molecule has 1 fully saturated rings. The van der Waals surface area contributed by atoms with Gasteiger partial charge in [-0.3, -0.25) is 9.59 Å². The lowest BCUT2D eigenvalue weighted by molar-refractivity contribution is -0.143. The van der Waals surface area contributed by atoms with E-state index in [1.54, 1.807) is 11.3 Å². The number of thiazole rings is 1. The Kier molecular flexibility index (Phi) is 6.53. The topological polar surface area (TPSA) is 71.5 Å². The van der Waals surface area contributed by atoms with Crippen LogP contribution in [0.1, 0.15) is 37.9 Å². The van der Waals surface area contributed by atoms with Gasteiger partial charge in [-0.1, -0.05) is 6.92 Å². The number of morpholine rings is 1. The van der Waals surface area contributed by atoms with E-state index in [1.165, 1.54) is 0 Å². The van der Waals surface area contributed by atoms with E-state index in [1.807, 2.05) is 31.1 Å². The minimum atomic E-state index is -0.0885. The Balaban J connectivity index is 1.69. The maximum absolute atomic E-state index is 12.2. The minimum absolute atomic E-state index is 0.0641. The van der Waals surface area contributed by atoms with Crippen molar-refractivity contribution >= 4 is 23.2 Å². The zero-order valence-corrected chi connectivity index (χ0v) is 14.8. The highest BCUT2D eigenvalue weighted by Gasteiger charge is 2.25. The third-order valence-electron chi connectivity index (χ3n) is 3.68. The second-order valence-corrected chi connectivity index (χ2v) is 6.86. The summed E-state index contributed by atoms with van der Waals surface area (Å²) in [5.74, 6) is -0.0244. The molecule has 1 aliphatic heterocycles. The normalized spacial score (nSPS) is 21.3. The van der Waals surface area contributed by atoms with Crippen LogP contribution in [-0.2, 0) is 27.2 Å². The number of rotatable bonds is 6. The van der Waals surface area contributed by atoms with Crippen LogP contribution in [0, 0.1) is 0 Å². The number of aryl methyl sites for hydroxylation is 1. The van der Waals surface area contributed by atoms with Crippen LogP contribution in [0.5, 0.6) is 0 Å². The number of hydrogen-bond donors (Lipinski definition) is 1. The minimum Gasteiger partial charge on any atom is -0.372 e. The molecule has 1 aromatic heterocycles. The van der Waals surface area contributed by atoms with Gasteiger partial charge in [-0.05, 0) is 20.3 Å². The summed E-state index contributed by atoms with van der Waals surface area (Å²) in [4.78, 5) is 30.2. The van der Waals surface area contributed by atoms with E-state index in [4.69, 9.17) is 4.74 Å². The lowest BCUT2D eigenvalue weighted by atomic mass is 10.2. The van der Waals surface area contributed by atoms with Gasteiger partial charge < -0.3 is 15.0 Å². The van der Waals surface area contributed by atoms with Crippen LogP contribution in [0.15, 0.2) is 5.38 Å². The highest BCUT2D eigenvalue weighted by molar-refractivity contribution is 7.09. The van der Waals surface area contributed by atoms with Gasteiger partial charge in [0.25, 0.3) is 0 Å². The molecule has 6 nitrogen and oxygen atoms in total. The van der Waals surface area contributed by atoms with Gasteiger partial charge >= 0.3 is 0 Å². The fourth-order valence-corrected chi connectivity index (χ4v) is 3.41. The number of hydrogen-bond acceptors (Lipinski definition) is 5. The fraction of sp³-hybridized carbons (Fsp3) is 0.688. The highest BCUT2D eigenvalue weighted by atomic mass is 32.1. The molecule has 0 bridgehead atoms. The van der Waals surface area contributed by atoms with Crippen molar-refractivity contribution in [3.05, 3.63) is 16.1 Å². The summed E-state index contributed by atoms with van der Waals surface area (Å²) in [5, 5.41) is 5.75. The Morgan fingerprint density at radius 3 is 2.70 bits per heavy atom. The molecule has 2 amide bonds. The Morgan fingerprint density at radius 1 is 1.39 bits per heavy atom. The van der Waals surface area contributed by atoms with Gasteiger partial charge in [-0.15, -0.1) is 11.3 Å². The van der Waals surface area contributed by atoms with Gasteiger partial charge in [0.05, 0.1) is 29.3 Å². The molecule has 0 radical (unpaired) electrons. The Bertz CT molecular complexity index is 536. The standard InChI is InChI=1S/C16H25N3O3S/c1-4-15-18-13(10-23-15)7-14(20)17-6-5-16(21)19-8-11(2)22-12(3)9-19/h10-12H,4-9H2,1-3H3,(H,17,20). The molecule has 2 unspecified atom stereocenters. The fourth-order valence-electron chi connectivity index (χ4n) is 2.67. The van der Waals surface area contributed by atoms with Gasteiger partial charge in [-0.2, -0.15) is 0 Å². The Labute approximate surface area is 141 Å². The molecule has 1 N–H and O–H groups in total. The summed E-state index contributed by atoms with van der Waals surface area (Å²) in [5.41, 5.74) is 0.798. The van der Waals surface area contributed by atoms with E-state index in [0.717, 1.165) is 17.1 Å². The molecule has 2 heterocycles. The van der Waals surface area contributed by atoms with Crippen LogP contribution in [0.25, 0.3) is 0 Å². The number of aromatic nitrogens is 1. The maximum atomic E-state index is 12.2. The predicted molar refractivity (Wildman–Crippen MR) is 89.4 cm³/mol. The number of amides is 2. The molecule has 23 heavy (non-hydrogen) atoms. The third kappa shape index (κ3) is 5.58. The van der Waals surface area contributed by atoms with Crippen molar-refractivity contribution in [2.75, 3.05) is 19.6 Å². The first kappa shape index (κ1) is 17.9. The molecular weight excluding hydrogens is 314 g/mol. The summed E-state index contributed by atoms with van der Waals surface area (Å²) in [6.45, 7) is 7.59. The summed E-state index contributed by atoms with van der Waals surface area (Å²) in [6, 6.07) is 0. The van der Waals surface area contributed by atoms with E-state index in [9.17, 15) is 9.59 Å². The maximum Gasteiger partial charge on any atom is 0.226 e. The molecule has 2 atom stereocenters. The van der Waals surface area contributed by atoms with Crippen LogP contribution in [0.4, 0.5) is 0 Å². The van der Waals surface area contributed by atoms with E-state index in [-0.39, 0.29) is 30.4 Å². The third-order valence-corrected chi connectivity index (χ3v) is 4.72. The van der Waals surface area contributed by atoms with E-state index >= 15 is 0 Å². The van der Waals surface area contributed by atoms with Crippen molar-refractivity contribution in [1.29, 1.82) is 0 Å². The van der Waals surface area contributed by atoms with E-state index < -0.39 is 0 Å². The van der Waals surface area contributed by atoms with Gasteiger partial charge in [0.1, 0.15) is 0 Å². The van der Waals surface area contributed by atoms with Crippen molar-refractivity contribution in [1.82, 2.24) is 15.2 Å². The van der Waals surface area contributed by atoms with Crippen LogP contribution in [0.2, 0.25) is 0 Å². The van der Waals surface area contributed by atoms with Crippen molar-refractivity contribution < 1.29 is 14.3 Å². The van der Waals surface area contributed by atoms with E-state index in [2.05, 4.69) is 10.3 Å². The average molecular weight is 339 g/mol. The van der Waals surface area contributed by atoms with Crippen molar-refractivity contribution in [2.45, 2.75) is 52.2 Å². The molecule has 0 spiro atoms. The van der Waals surface area contributed by atoms with Crippen LogP contribution in [-0.4, -0.2) is 53.5 Å². The van der Waals surface area contributed by atoms with Crippen LogP contribution < -0.4 is 5.32 Å². The lowest BCUT2D eigenvalue weighted by Gasteiger charge is -2.35. The second kappa shape index (κ2) is 8.40. The largest absolute Gasteiger partial charge is 0.372 e. The van der Waals surface area contributed by atoms with Crippen molar-refractivity contribution in [3.63, 3.8) is 0 Å². The molecular formula is C16H25N3O3S. The zero-order valence-electron chi connectivity index (χ0n) is 14.0. The van der Waals surface area contributed by atoms with Gasteiger partial charge in [0, 0.05) is 31.4 Å². The molecule has 1 saturated heterocycles. The van der Waals surface area contributed by atoms with Gasteiger partial charge in [0.15, 0.2) is 0 Å². The van der Waals surface area contributed by atoms with Gasteiger partial charge in [-0.25, -0.2) is 4.98 Å². The molecule has 1 aromatic rings. The Hall–Kier alpha value is -1.47. The predicted octanol–water partition coefficient (Wildman–Crippen LogP) is 1.39. The summed E-state index contributed by atoms with van der Waals surface area (Å²) >= 11 is 1.58. The van der Waals surface area contributed by atoms with Crippen molar-refractivity contribution in [2.24, 2.45) is 0 Å². The quantitative estimate of drug-likeness (QED) is 0.850. The summed E-state index contributed by atoms with van der Waals surface area (Å²) in [7, 11) is 0. The second-order valence-electron chi connectivity index (χ2n) is 5.92. The van der Waals surface area contributed by atoms with Crippen LogP contribution in [0.3, 0.4) is 0 Å². The SMILES string of the molecule is CCc1nc(CC(=O)NCCC(=O)N2CC(C)OC(C)C2)cs1. The average Bonchev–Trinajstić information content (AvgIpc) is 2.93. The summed E-state index contributed by atoms with van der Waals surface area (Å²) < 4.78 is 5.62. The lowest BCUT2D eigenvalue weighted by Crippen LogP contribution is -2.48. The van der Waals surface area contributed by atoms with Crippen LogP contribution >= 0.6 is 11.3 Å². The summed E-state index contributed by atoms with van der Waals surface area (Å²) in [6.07, 6.45) is 1.61. The number of nitrogens with zero attached hydrogens (tertiary/aromatic N) is 2. The molecule has 0 aliphatic carbocycles. The first-order valence-corrected chi connectivity index (χ1v) is 8.99. The molecule has 0 aromatic carbocycles. The molecule has 0 saturated carbocycles. The molecule has 7 heteroatoms. The first-order valence-electron chi connectivity index (χ1n) is 8.11. The molecule has 2 rings (SSSR count).